The Morgan fingerprint density at radius 3 is 2.56 bits per heavy atom. The van der Waals surface area contributed by atoms with Crippen LogP contribution >= 0.6 is 0 Å². The minimum atomic E-state index is -3.96. The van der Waals surface area contributed by atoms with Crippen molar-refractivity contribution in [3.8, 4) is 0 Å². The highest BCUT2D eigenvalue weighted by Gasteiger charge is 2.36. The number of amides is 1. The summed E-state index contributed by atoms with van der Waals surface area (Å²) in [5, 5.41) is 6.47. The SMILES string of the molecule is Cc1noc(C=Cc2ccccc2F)c1S(=O)(=O)N1CCC(C(=O)Nc2cccc(F)c2)CC1. The van der Waals surface area contributed by atoms with E-state index in [9.17, 15) is 22.0 Å². The first-order valence-corrected chi connectivity index (χ1v) is 12.1. The average molecular weight is 488 g/mol. The molecule has 178 valence electrons. The second-order valence-corrected chi connectivity index (χ2v) is 9.87. The van der Waals surface area contributed by atoms with Gasteiger partial charge in [-0.1, -0.05) is 29.4 Å². The molecule has 0 unspecified atom stereocenters. The Bertz CT molecular complexity index is 1330. The van der Waals surface area contributed by atoms with E-state index in [1.54, 1.807) is 24.3 Å². The Morgan fingerprint density at radius 1 is 1.12 bits per heavy atom. The molecule has 1 aliphatic rings. The van der Waals surface area contributed by atoms with Crippen LogP contribution in [0.5, 0.6) is 0 Å². The largest absolute Gasteiger partial charge is 0.355 e. The quantitative estimate of drug-likeness (QED) is 0.554. The van der Waals surface area contributed by atoms with E-state index in [1.807, 2.05) is 0 Å². The van der Waals surface area contributed by atoms with Crippen LogP contribution in [0.25, 0.3) is 12.2 Å². The molecule has 34 heavy (non-hydrogen) atoms. The standard InChI is InChI=1S/C24H23F2N3O4S/c1-16-23(22(33-28-16)10-9-17-5-2-3-8-21(17)26)34(31,32)29-13-11-18(12-14-29)24(30)27-20-7-4-6-19(25)15-20/h2-10,15,18H,11-14H2,1H3,(H,27,30). The molecule has 2 heterocycles. The summed E-state index contributed by atoms with van der Waals surface area (Å²) in [5.41, 5.74) is 0.829. The van der Waals surface area contributed by atoms with E-state index in [0.29, 0.717) is 18.5 Å². The molecular formula is C24H23F2N3O4S. The lowest BCUT2D eigenvalue weighted by molar-refractivity contribution is -0.120. The summed E-state index contributed by atoms with van der Waals surface area (Å²) in [6.45, 7) is 1.78. The maximum atomic E-state index is 13.9. The van der Waals surface area contributed by atoms with Gasteiger partial charge < -0.3 is 9.84 Å². The normalized spacial score (nSPS) is 15.6. The predicted molar refractivity (Wildman–Crippen MR) is 123 cm³/mol. The minimum Gasteiger partial charge on any atom is -0.355 e. The molecule has 0 bridgehead atoms. The van der Waals surface area contributed by atoms with Crippen LogP contribution in [0.15, 0.2) is 57.9 Å². The molecule has 0 aliphatic carbocycles. The van der Waals surface area contributed by atoms with Crippen molar-refractivity contribution in [2.75, 3.05) is 18.4 Å². The van der Waals surface area contributed by atoms with E-state index >= 15 is 0 Å². The van der Waals surface area contributed by atoms with Gasteiger partial charge in [-0.3, -0.25) is 4.79 Å². The number of piperidine rings is 1. The molecule has 1 amide bonds. The van der Waals surface area contributed by atoms with Crippen LogP contribution in [0.2, 0.25) is 0 Å². The highest BCUT2D eigenvalue weighted by Crippen LogP contribution is 2.30. The Balaban J connectivity index is 1.46. The van der Waals surface area contributed by atoms with Crippen LogP contribution in [0.1, 0.15) is 29.9 Å². The second-order valence-electron chi connectivity index (χ2n) is 7.99. The third-order valence-electron chi connectivity index (χ3n) is 5.67. The molecule has 3 aromatic rings. The molecule has 1 aliphatic heterocycles. The second kappa shape index (κ2) is 9.86. The van der Waals surface area contributed by atoms with E-state index in [-0.39, 0.29) is 40.9 Å². The number of nitrogens with one attached hydrogen (secondary N) is 1. The topological polar surface area (TPSA) is 92.5 Å². The van der Waals surface area contributed by atoms with Crippen LogP contribution in [0.4, 0.5) is 14.5 Å². The van der Waals surface area contributed by atoms with E-state index < -0.39 is 27.6 Å². The zero-order chi connectivity index (χ0) is 24.3. The van der Waals surface area contributed by atoms with Crippen molar-refractivity contribution in [1.82, 2.24) is 9.46 Å². The maximum Gasteiger partial charge on any atom is 0.248 e. The van der Waals surface area contributed by atoms with Crippen LogP contribution in [0, 0.1) is 24.5 Å². The molecule has 1 fully saturated rings. The highest BCUT2D eigenvalue weighted by molar-refractivity contribution is 7.89. The van der Waals surface area contributed by atoms with E-state index in [2.05, 4.69) is 10.5 Å². The number of rotatable bonds is 6. The first kappa shape index (κ1) is 23.8. The molecule has 0 saturated carbocycles. The fraction of sp³-hybridized carbons (Fsp3) is 0.250. The van der Waals surface area contributed by atoms with Gasteiger partial charge in [-0.25, -0.2) is 17.2 Å². The molecule has 10 heteroatoms. The first-order chi connectivity index (χ1) is 16.3. The number of aryl methyl sites for hydroxylation is 1. The lowest BCUT2D eigenvalue weighted by Crippen LogP contribution is -2.41. The predicted octanol–water partition coefficient (Wildman–Crippen LogP) is 4.47. The number of benzene rings is 2. The molecular weight excluding hydrogens is 464 g/mol. The van der Waals surface area contributed by atoms with Gasteiger partial charge in [0.1, 0.15) is 17.3 Å². The molecule has 1 N–H and O–H groups in total. The highest BCUT2D eigenvalue weighted by atomic mass is 32.2. The molecule has 4 rings (SSSR count). The monoisotopic (exact) mass is 487 g/mol. The molecule has 1 saturated heterocycles. The van der Waals surface area contributed by atoms with Crippen molar-refractivity contribution in [2.24, 2.45) is 5.92 Å². The molecule has 0 radical (unpaired) electrons. The minimum absolute atomic E-state index is 0.00623. The van der Waals surface area contributed by atoms with Gasteiger partial charge in [0.05, 0.1) is 0 Å². The van der Waals surface area contributed by atoms with Crippen LogP contribution in [-0.2, 0) is 14.8 Å². The zero-order valence-corrected chi connectivity index (χ0v) is 19.2. The van der Waals surface area contributed by atoms with Gasteiger partial charge in [0, 0.05) is 30.3 Å². The van der Waals surface area contributed by atoms with Crippen LogP contribution in [-0.4, -0.2) is 36.9 Å². The number of halogens is 2. The summed E-state index contributed by atoms with van der Waals surface area (Å²) in [5.74, 6) is -1.58. The summed E-state index contributed by atoms with van der Waals surface area (Å²) >= 11 is 0. The van der Waals surface area contributed by atoms with E-state index in [0.717, 1.165) is 0 Å². The molecule has 2 aromatic carbocycles. The van der Waals surface area contributed by atoms with Crippen molar-refractivity contribution in [3.63, 3.8) is 0 Å². The Hall–Kier alpha value is -3.37. The van der Waals surface area contributed by atoms with Gasteiger partial charge >= 0.3 is 0 Å². The lowest BCUT2D eigenvalue weighted by Gasteiger charge is -2.30. The van der Waals surface area contributed by atoms with E-state index in [4.69, 9.17) is 4.52 Å². The van der Waals surface area contributed by atoms with Crippen molar-refractivity contribution in [1.29, 1.82) is 0 Å². The third-order valence-corrected chi connectivity index (χ3v) is 7.73. The number of aromatic nitrogens is 1. The van der Waals surface area contributed by atoms with Crippen molar-refractivity contribution in [3.05, 3.63) is 77.2 Å². The number of carbonyl (C=O) groups is 1. The summed E-state index contributed by atoms with van der Waals surface area (Å²) in [6.07, 6.45) is 3.43. The first-order valence-electron chi connectivity index (χ1n) is 10.7. The average Bonchev–Trinajstić information content (AvgIpc) is 3.19. The maximum absolute atomic E-state index is 13.9. The summed E-state index contributed by atoms with van der Waals surface area (Å²) in [6, 6.07) is 11.7. The summed E-state index contributed by atoms with van der Waals surface area (Å²) in [4.78, 5) is 12.5. The number of hydrogen-bond donors (Lipinski definition) is 1. The van der Waals surface area contributed by atoms with E-state index in [1.165, 1.54) is 47.6 Å². The van der Waals surface area contributed by atoms with Gasteiger partial charge in [-0.15, -0.1) is 0 Å². The van der Waals surface area contributed by atoms with Gasteiger partial charge in [-0.2, -0.15) is 4.31 Å². The molecule has 1 aromatic heterocycles. The smallest absolute Gasteiger partial charge is 0.248 e. The zero-order valence-electron chi connectivity index (χ0n) is 18.4. The fourth-order valence-corrected chi connectivity index (χ4v) is 5.59. The van der Waals surface area contributed by atoms with Gasteiger partial charge in [0.15, 0.2) is 10.7 Å². The van der Waals surface area contributed by atoms with Crippen LogP contribution in [0.3, 0.4) is 0 Å². The van der Waals surface area contributed by atoms with Crippen molar-refractivity contribution < 1.29 is 26.5 Å². The van der Waals surface area contributed by atoms with Gasteiger partial charge in [0.25, 0.3) is 0 Å². The molecule has 0 spiro atoms. The third kappa shape index (κ3) is 5.07. The Labute approximate surface area is 196 Å². The molecule has 7 nitrogen and oxygen atoms in total. The number of sulfonamides is 1. The van der Waals surface area contributed by atoms with Crippen molar-refractivity contribution >= 4 is 33.8 Å². The number of hydrogen-bond acceptors (Lipinski definition) is 5. The Morgan fingerprint density at radius 2 is 1.85 bits per heavy atom. The number of nitrogens with zero attached hydrogens (tertiary/aromatic N) is 2. The lowest BCUT2D eigenvalue weighted by atomic mass is 9.97. The van der Waals surface area contributed by atoms with Gasteiger partial charge in [-0.05, 0) is 56.2 Å². The van der Waals surface area contributed by atoms with Crippen LogP contribution < -0.4 is 5.32 Å². The Kier molecular flexibility index (Phi) is 6.90. The number of carbonyl (C=O) groups excluding carboxylic acids is 1. The fourth-order valence-electron chi connectivity index (χ4n) is 3.87. The summed E-state index contributed by atoms with van der Waals surface area (Å²) in [7, 11) is -3.96. The number of anilines is 1. The molecule has 0 atom stereocenters. The van der Waals surface area contributed by atoms with Crippen molar-refractivity contribution in [2.45, 2.75) is 24.7 Å². The summed E-state index contributed by atoms with van der Waals surface area (Å²) < 4.78 is 60.5. The van der Waals surface area contributed by atoms with Gasteiger partial charge in [0.2, 0.25) is 15.9 Å².